The van der Waals surface area contributed by atoms with Crippen LogP contribution in [0.5, 0.6) is 5.75 Å². The van der Waals surface area contributed by atoms with Crippen LogP contribution in [0.4, 0.5) is 0 Å². The van der Waals surface area contributed by atoms with Crippen LogP contribution in [0.2, 0.25) is 0 Å². The van der Waals surface area contributed by atoms with Crippen molar-refractivity contribution in [3.63, 3.8) is 0 Å². The Morgan fingerprint density at radius 2 is 1.80 bits per heavy atom. The van der Waals surface area contributed by atoms with Gasteiger partial charge < -0.3 is 14.8 Å². The molecule has 0 aliphatic carbocycles. The Morgan fingerprint density at radius 3 is 2.47 bits per heavy atom. The van der Waals surface area contributed by atoms with E-state index in [-0.39, 0.29) is 18.4 Å². The Labute approximate surface area is 175 Å². The van der Waals surface area contributed by atoms with Crippen molar-refractivity contribution in [2.45, 2.75) is 19.9 Å². The maximum atomic E-state index is 12.5. The number of hydrogen-bond acceptors (Lipinski definition) is 6. The molecule has 158 valence electrons. The summed E-state index contributed by atoms with van der Waals surface area (Å²) in [6.07, 6.45) is 1.44. The van der Waals surface area contributed by atoms with Crippen molar-refractivity contribution in [2.24, 2.45) is 11.0 Å². The van der Waals surface area contributed by atoms with Crippen LogP contribution >= 0.6 is 0 Å². The zero-order valence-corrected chi connectivity index (χ0v) is 17.1. The SMILES string of the molecule is COC(=O)COc1cccc(C=NNC(=O)C(NC(=O)c2ccccc2)C(C)C)c1. The summed E-state index contributed by atoms with van der Waals surface area (Å²) in [5.41, 5.74) is 3.58. The zero-order chi connectivity index (χ0) is 21.9. The smallest absolute Gasteiger partial charge is 0.343 e. The molecule has 0 fully saturated rings. The Kier molecular flexibility index (Phi) is 8.56. The van der Waals surface area contributed by atoms with E-state index in [0.717, 1.165) is 0 Å². The molecular formula is C22H25N3O5. The maximum Gasteiger partial charge on any atom is 0.343 e. The van der Waals surface area contributed by atoms with Gasteiger partial charge in [0, 0.05) is 5.56 Å². The van der Waals surface area contributed by atoms with E-state index in [1.165, 1.54) is 13.3 Å². The monoisotopic (exact) mass is 411 g/mol. The summed E-state index contributed by atoms with van der Waals surface area (Å²) in [7, 11) is 1.28. The first-order valence-corrected chi connectivity index (χ1v) is 9.39. The highest BCUT2D eigenvalue weighted by molar-refractivity contribution is 5.97. The molecule has 0 spiro atoms. The van der Waals surface area contributed by atoms with Crippen molar-refractivity contribution < 1.29 is 23.9 Å². The van der Waals surface area contributed by atoms with Crippen LogP contribution in [0, 0.1) is 5.92 Å². The molecule has 0 aliphatic rings. The highest BCUT2D eigenvalue weighted by Gasteiger charge is 2.24. The summed E-state index contributed by atoms with van der Waals surface area (Å²) in [5, 5.41) is 6.69. The van der Waals surface area contributed by atoms with Crippen molar-refractivity contribution in [1.29, 1.82) is 0 Å². The predicted molar refractivity (Wildman–Crippen MR) is 112 cm³/mol. The molecule has 1 atom stereocenters. The van der Waals surface area contributed by atoms with Gasteiger partial charge in [-0.1, -0.05) is 44.2 Å². The Bertz CT molecular complexity index is 897. The number of benzene rings is 2. The molecule has 2 rings (SSSR count). The van der Waals surface area contributed by atoms with E-state index in [0.29, 0.717) is 16.9 Å². The van der Waals surface area contributed by atoms with Gasteiger partial charge in [-0.05, 0) is 35.7 Å². The first-order chi connectivity index (χ1) is 14.4. The van der Waals surface area contributed by atoms with Gasteiger partial charge in [-0.3, -0.25) is 9.59 Å². The largest absolute Gasteiger partial charge is 0.482 e. The second-order valence-electron chi connectivity index (χ2n) is 6.73. The first kappa shape index (κ1) is 22.6. The molecule has 0 aliphatic heterocycles. The fourth-order valence-electron chi connectivity index (χ4n) is 2.47. The average Bonchev–Trinajstić information content (AvgIpc) is 2.76. The predicted octanol–water partition coefficient (Wildman–Crippen LogP) is 2.14. The molecule has 8 heteroatoms. The summed E-state index contributed by atoms with van der Waals surface area (Å²) >= 11 is 0. The molecule has 0 saturated carbocycles. The molecule has 2 amide bonds. The molecule has 0 radical (unpaired) electrons. The van der Waals surface area contributed by atoms with Gasteiger partial charge in [0.1, 0.15) is 11.8 Å². The number of nitrogens with one attached hydrogen (secondary N) is 2. The molecule has 0 heterocycles. The lowest BCUT2D eigenvalue weighted by atomic mass is 10.0. The molecule has 2 N–H and O–H groups in total. The first-order valence-electron chi connectivity index (χ1n) is 9.39. The molecule has 0 saturated heterocycles. The number of esters is 1. The number of carbonyl (C=O) groups is 3. The second-order valence-corrected chi connectivity index (χ2v) is 6.73. The summed E-state index contributed by atoms with van der Waals surface area (Å²) in [4.78, 5) is 36.0. The van der Waals surface area contributed by atoms with Crippen molar-refractivity contribution >= 4 is 24.0 Å². The van der Waals surface area contributed by atoms with Crippen LogP contribution in [-0.2, 0) is 14.3 Å². The minimum absolute atomic E-state index is 0.136. The van der Waals surface area contributed by atoms with Crippen LogP contribution in [0.25, 0.3) is 0 Å². The number of nitrogens with zero attached hydrogens (tertiary/aromatic N) is 1. The fourth-order valence-corrected chi connectivity index (χ4v) is 2.47. The number of carbonyl (C=O) groups excluding carboxylic acids is 3. The molecule has 0 bridgehead atoms. The summed E-state index contributed by atoms with van der Waals surface area (Å²) in [5.74, 6) is -0.917. The molecule has 8 nitrogen and oxygen atoms in total. The summed E-state index contributed by atoms with van der Waals surface area (Å²) < 4.78 is 9.83. The number of rotatable bonds is 9. The van der Waals surface area contributed by atoms with Gasteiger partial charge in [0.25, 0.3) is 11.8 Å². The van der Waals surface area contributed by atoms with E-state index < -0.39 is 17.9 Å². The third-order valence-corrected chi connectivity index (χ3v) is 4.10. The Balaban J connectivity index is 1.95. The van der Waals surface area contributed by atoms with Crippen molar-refractivity contribution in [3.05, 3.63) is 65.7 Å². The van der Waals surface area contributed by atoms with Gasteiger partial charge in [-0.2, -0.15) is 5.10 Å². The minimum atomic E-state index is -0.746. The molecule has 2 aromatic carbocycles. The third-order valence-electron chi connectivity index (χ3n) is 4.10. The fraction of sp³-hybridized carbons (Fsp3) is 0.273. The van der Waals surface area contributed by atoms with Gasteiger partial charge in [0.2, 0.25) is 0 Å². The van der Waals surface area contributed by atoms with Gasteiger partial charge in [0.05, 0.1) is 13.3 Å². The average molecular weight is 411 g/mol. The number of hydrazone groups is 1. The molecule has 2 aromatic rings. The molecule has 30 heavy (non-hydrogen) atoms. The van der Waals surface area contributed by atoms with E-state index in [2.05, 4.69) is 20.6 Å². The number of hydrogen-bond donors (Lipinski definition) is 2. The van der Waals surface area contributed by atoms with Crippen LogP contribution in [0.3, 0.4) is 0 Å². The number of methoxy groups -OCH3 is 1. The van der Waals surface area contributed by atoms with E-state index in [4.69, 9.17) is 4.74 Å². The van der Waals surface area contributed by atoms with E-state index in [1.807, 2.05) is 19.9 Å². The van der Waals surface area contributed by atoms with Gasteiger partial charge >= 0.3 is 5.97 Å². The van der Waals surface area contributed by atoms with E-state index in [9.17, 15) is 14.4 Å². The molecule has 0 aromatic heterocycles. The molecular weight excluding hydrogens is 386 g/mol. The van der Waals surface area contributed by atoms with Crippen molar-refractivity contribution in [2.75, 3.05) is 13.7 Å². The zero-order valence-electron chi connectivity index (χ0n) is 17.1. The maximum absolute atomic E-state index is 12.5. The van der Waals surface area contributed by atoms with Crippen LogP contribution in [0.1, 0.15) is 29.8 Å². The Hall–Kier alpha value is -3.68. The highest BCUT2D eigenvalue weighted by atomic mass is 16.6. The second kappa shape index (κ2) is 11.4. The topological polar surface area (TPSA) is 106 Å². The normalized spacial score (nSPS) is 11.7. The quantitative estimate of drug-likeness (QED) is 0.374. The standard InChI is InChI=1S/C22H25N3O5/c1-15(2)20(24-21(27)17-9-5-4-6-10-17)22(28)25-23-13-16-8-7-11-18(12-16)30-14-19(26)29-3/h4-13,15,20H,14H2,1-3H3,(H,24,27)(H,25,28). The lowest BCUT2D eigenvalue weighted by Gasteiger charge is -2.20. The number of amides is 2. The van der Waals surface area contributed by atoms with Crippen LogP contribution in [-0.4, -0.2) is 43.8 Å². The highest BCUT2D eigenvalue weighted by Crippen LogP contribution is 2.12. The minimum Gasteiger partial charge on any atom is -0.482 e. The van der Waals surface area contributed by atoms with Crippen LogP contribution in [0.15, 0.2) is 59.7 Å². The van der Waals surface area contributed by atoms with E-state index in [1.54, 1.807) is 48.5 Å². The lowest BCUT2D eigenvalue weighted by molar-refractivity contribution is -0.142. The number of ether oxygens (including phenoxy) is 2. The van der Waals surface area contributed by atoms with Crippen molar-refractivity contribution in [1.82, 2.24) is 10.7 Å². The van der Waals surface area contributed by atoms with Crippen LogP contribution < -0.4 is 15.5 Å². The van der Waals surface area contributed by atoms with Gasteiger partial charge in [0.15, 0.2) is 6.61 Å². The Morgan fingerprint density at radius 1 is 1.07 bits per heavy atom. The summed E-state index contributed by atoms with van der Waals surface area (Å²) in [6.45, 7) is 3.47. The third kappa shape index (κ3) is 7.05. The van der Waals surface area contributed by atoms with Crippen molar-refractivity contribution in [3.8, 4) is 5.75 Å². The van der Waals surface area contributed by atoms with Gasteiger partial charge in [-0.25, -0.2) is 10.2 Å². The molecule has 1 unspecified atom stereocenters. The summed E-state index contributed by atoms with van der Waals surface area (Å²) in [6, 6.07) is 14.8. The lowest BCUT2D eigenvalue weighted by Crippen LogP contribution is -2.48. The van der Waals surface area contributed by atoms with Gasteiger partial charge in [-0.15, -0.1) is 0 Å². The van der Waals surface area contributed by atoms with E-state index >= 15 is 0 Å².